The normalized spacial score (nSPS) is 18.9. The van der Waals surface area contributed by atoms with Crippen molar-refractivity contribution in [3.8, 4) is 0 Å². The van der Waals surface area contributed by atoms with Crippen LogP contribution in [0.25, 0.3) is 0 Å². The molecule has 0 bridgehead atoms. The van der Waals surface area contributed by atoms with Crippen molar-refractivity contribution in [2.24, 2.45) is 0 Å². The lowest BCUT2D eigenvalue weighted by Crippen LogP contribution is -2.47. The van der Waals surface area contributed by atoms with E-state index < -0.39 is 10.2 Å². The van der Waals surface area contributed by atoms with Gasteiger partial charge >= 0.3 is 0 Å². The number of nitrogens with one attached hydrogen (secondary N) is 1. The van der Waals surface area contributed by atoms with Crippen LogP contribution in [0.3, 0.4) is 0 Å². The monoisotopic (exact) mass is 316 g/mol. The number of aromatic nitrogens is 2. The maximum atomic E-state index is 12.4. The molecule has 0 spiro atoms. The predicted octanol–water partition coefficient (Wildman–Crippen LogP) is 0.747. The highest BCUT2D eigenvalue weighted by Gasteiger charge is 2.28. The number of ether oxygens (including phenoxy) is 1. The number of morpholine rings is 1. The van der Waals surface area contributed by atoms with E-state index in [1.165, 1.54) is 4.31 Å². The summed E-state index contributed by atoms with van der Waals surface area (Å²) in [6, 6.07) is -0.307. The number of aryl methyl sites for hydroxylation is 2. The standard InChI is InChI=1S/C13H24N4O3S/c1-5-17-12(4)13(10(2)14-17)11(3)15-21(18,19)16-6-8-20-9-7-16/h11,15H,5-9H2,1-4H3/t11-/m0/s1. The van der Waals surface area contributed by atoms with Gasteiger partial charge in [0.1, 0.15) is 0 Å². The van der Waals surface area contributed by atoms with E-state index in [1.54, 1.807) is 0 Å². The second-order valence-corrected chi connectivity index (χ2v) is 6.96. The highest BCUT2D eigenvalue weighted by atomic mass is 32.2. The highest BCUT2D eigenvalue weighted by molar-refractivity contribution is 7.87. The molecule has 0 aromatic carbocycles. The number of nitrogens with zero attached hydrogens (tertiary/aromatic N) is 3. The summed E-state index contributed by atoms with van der Waals surface area (Å²) in [5.74, 6) is 0. The Hall–Kier alpha value is -0.960. The largest absolute Gasteiger partial charge is 0.379 e. The first-order valence-electron chi connectivity index (χ1n) is 7.26. The van der Waals surface area contributed by atoms with Gasteiger partial charge < -0.3 is 4.74 Å². The van der Waals surface area contributed by atoms with Crippen LogP contribution in [-0.4, -0.2) is 48.8 Å². The third-order valence-corrected chi connectivity index (χ3v) is 5.50. The zero-order valence-corrected chi connectivity index (χ0v) is 13.9. The van der Waals surface area contributed by atoms with Crippen LogP contribution in [0.5, 0.6) is 0 Å². The smallest absolute Gasteiger partial charge is 0.280 e. The minimum absolute atomic E-state index is 0.307. The summed E-state index contributed by atoms with van der Waals surface area (Å²) in [5.41, 5.74) is 2.83. The molecular formula is C13H24N4O3S. The van der Waals surface area contributed by atoms with E-state index in [0.717, 1.165) is 23.5 Å². The molecule has 1 aromatic heterocycles. The number of hydrogen-bond acceptors (Lipinski definition) is 4. The lowest BCUT2D eigenvalue weighted by molar-refractivity contribution is 0.0723. The maximum absolute atomic E-state index is 12.4. The van der Waals surface area contributed by atoms with Crippen molar-refractivity contribution < 1.29 is 13.2 Å². The summed E-state index contributed by atoms with van der Waals surface area (Å²) in [6.45, 7) is 10.2. The van der Waals surface area contributed by atoms with Gasteiger partial charge in [-0.2, -0.15) is 22.5 Å². The van der Waals surface area contributed by atoms with Gasteiger partial charge in [0.2, 0.25) is 0 Å². The molecular weight excluding hydrogens is 292 g/mol. The van der Waals surface area contributed by atoms with E-state index in [9.17, 15) is 8.42 Å². The van der Waals surface area contributed by atoms with Crippen LogP contribution in [0, 0.1) is 13.8 Å². The fourth-order valence-corrected chi connectivity index (χ4v) is 4.13. The van der Waals surface area contributed by atoms with E-state index in [1.807, 2.05) is 32.4 Å². The van der Waals surface area contributed by atoms with Crippen LogP contribution in [0.15, 0.2) is 0 Å². The minimum Gasteiger partial charge on any atom is -0.379 e. The van der Waals surface area contributed by atoms with Crippen molar-refractivity contribution in [1.29, 1.82) is 0 Å². The highest BCUT2D eigenvalue weighted by Crippen LogP contribution is 2.22. The van der Waals surface area contributed by atoms with Gasteiger partial charge in [-0.15, -0.1) is 0 Å². The molecule has 1 atom stereocenters. The predicted molar refractivity (Wildman–Crippen MR) is 80.2 cm³/mol. The molecule has 1 aliphatic rings. The van der Waals surface area contributed by atoms with Crippen molar-refractivity contribution in [3.05, 3.63) is 17.0 Å². The second kappa shape index (κ2) is 6.43. The third kappa shape index (κ3) is 3.45. The molecule has 7 nitrogen and oxygen atoms in total. The molecule has 1 fully saturated rings. The zero-order chi connectivity index (χ0) is 15.6. The second-order valence-electron chi connectivity index (χ2n) is 5.26. The van der Waals surface area contributed by atoms with Gasteiger partial charge in [0, 0.05) is 36.9 Å². The molecule has 0 saturated carbocycles. The molecule has 21 heavy (non-hydrogen) atoms. The van der Waals surface area contributed by atoms with Crippen LogP contribution in [0.2, 0.25) is 0 Å². The van der Waals surface area contributed by atoms with E-state index in [0.29, 0.717) is 26.3 Å². The van der Waals surface area contributed by atoms with Gasteiger partial charge in [-0.3, -0.25) is 4.68 Å². The topological polar surface area (TPSA) is 76.5 Å². The summed E-state index contributed by atoms with van der Waals surface area (Å²) >= 11 is 0. The Balaban J connectivity index is 2.17. The molecule has 0 unspecified atom stereocenters. The van der Waals surface area contributed by atoms with Gasteiger partial charge in [-0.05, 0) is 27.7 Å². The van der Waals surface area contributed by atoms with Crippen molar-refractivity contribution in [2.75, 3.05) is 26.3 Å². The Labute approximate surface area is 126 Å². The number of rotatable bonds is 5. The van der Waals surface area contributed by atoms with Crippen LogP contribution >= 0.6 is 0 Å². The molecule has 0 radical (unpaired) electrons. The first-order valence-corrected chi connectivity index (χ1v) is 8.70. The van der Waals surface area contributed by atoms with E-state index >= 15 is 0 Å². The van der Waals surface area contributed by atoms with Crippen LogP contribution < -0.4 is 4.72 Å². The molecule has 0 aliphatic carbocycles. The Morgan fingerprint density at radius 1 is 1.33 bits per heavy atom. The van der Waals surface area contributed by atoms with Crippen molar-refractivity contribution in [2.45, 2.75) is 40.3 Å². The van der Waals surface area contributed by atoms with Gasteiger partial charge in [-0.25, -0.2) is 0 Å². The minimum atomic E-state index is -3.50. The SMILES string of the molecule is CCn1nc(C)c([C@H](C)NS(=O)(=O)N2CCOCC2)c1C. The van der Waals surface area contributed by atoms with Crippen LogP contribution in [-0.2, 0) is 21.5 Å². The summed E-state index contributed by atoms with van der Waals surface area (Å²) < 4.78 is 36.1. The molecule has 2 rings (SSSR count). The fraction of sp³-hybridized carbons (Fsp3) is 0.769. The molecule has 8 heteroatoms. The first-order chi connectivity index (χ1) is 9.86. The van der Waals surface area contributed by atoms with Gasteiger partial charge in [0.15, 0.2) is 0 Å². The van der Waals surface area contributed by atoms with E-state index in [-0.39, 0.29) is 6.04 Å². The molecule has 120 valence electrons. The summed E-state index contributed by atoms with van der Waals surface area (Å²) in [6.07, 6.45) is 0. The Morgan fingerprint density at radius 3 is 2.48 bits per heavy atom. The van der Waals surface area contributed by atoms with E-state index in [4.69, 9.17) is 4.74 Å². The first kappa shape index (κ1) is 16.4. The van der Waals surface area contributed by atoms with Gasteiger partial charge in [0.25, 0.3) is 10.2 Å². The lowest BCUT2D eigenvalue weighted by atomic mass is 10.1. The zero-order valence-electron chi connectivity index (χ0n) is 13.1. The summed E-state index contributed by atoms with van der Waals surface area (Å²) in [7, 11) is -3.50. The maximum Gasteiger partial charge on any atom is 0.280 e. The Bertz CT molecular complexity index is 591. The van der Waals surface area contributed by atoms with Crippen molar-refractivity contribution in [3.63, 3.8) is 0 Å². The summed E-state index contributed by atoms with van der Waals surface area (Å²) in [5, 5.41) is 4.44. The third-order valence-electron chi connectivity index (χ3n) is 3.81. The molecule has 0 amide bonds. The van der Waals surface area contributed by atoms with Gasteiger partial charge in [-0.1, -0.05) is 0 Å². The number of hydrogen-bond donors (Lipinski definition) is 1. The quantitative estimate of drug-likeness (QED) is 0.869. The average molecular weight is 316 g/mol. The van der Waals surface area contributed by atoms with Crippen LogP contribution in [0.1, 0.15) is 36.8 Å². The van der Waals surface area contributed by atoms with Gasteiger partial charge in [0.05, 0.1) is 18.9 Å². The fourth-order valence-electron chi connectivity index (χ4n) is 2.79. The molecule has 1 saturated heterocycles. The molecule has 2 heterocycles. The molecule has 1 aliphatic heterocycles. The van der Waals surface area contributed by atoms with Crippen molar-refractivity contribution in [1.82, 2.24) is 18.8 Å². The lowest BCUT2D eigenvalue weighted by Gasteiger charge is -2.27. The Kier molecular flexibility index (Phi) is 5.03. The average Bonchev–Trinajstić information content (AvgIpc) is 2.73. The van der Waals surface area contributed by atoms with E-state index in [2.05, 4.69) is 9.82 Å². The van der Waals surface area contributed by atoms with Crippen molar-refractivity contribution >= 4 is 10.2 Å². The molecule has 1 N–H and O–H groups in total. The Morgan fingerprint density at radius 2 is 1.95 bits per heavy atom. The summed E-state index contributed by atoms with van der Waals surface area (Å²) in [4.78, 5) is 0. The molecule has 1 aromatic rings. The van der Waals surface area contributed by atoms with Crippen LogP contribution in [0.4, 0.5) is 0 Å².